The van der Waals surface area contributed by atoms with Crippen LogP contribution < -0.4 is 10.6 Å². The SMILES string of the molecule is C=C1C(C(=O)Nc2ccc([N+](=O)[O-])cc2)[C@H]1C(=O)Nc1ccc([N+](=O)[O-])cc1. The number of nitrogens with one attached hydrogen (secondary N) is 2. The van der Waals surface area contributed by atoms with Gasteiger partial charge in [0, 0.05) is 35.6 Å². The van der Waals surface area contributed by atoms with Crippen LogP contribution in [0.2, 0.25) is 0 Å². The molecule has 2 amide bonds. The molecule has 10 nitrogen and oxygen atoms in total. The third-order valence-electron chi connectivity index (χ3n) is 4.28. The van der Waals surface area contributed by atoms with E-state index in [2.05, 4.69) is 17.2 Å². The standard InChI is InChI=1S/C18H14N4O6/c1-10-15(17(23)19-11-2-6-13(7-3-11)21(25)26)16(10)18(24)20-12-4-8-14(9-5-12)22(27)28/h2-9,15-16H,1H2,(H,19,23)(H,20,24)/t15-,16?/m0/s1. The fourth-order valence-corrected chi connectivity index (χ4v) is 2.73. The van der Waals surface area contributed by atoms with Crippen LogP contribution in [0.25, 0.3) is 0 Å². The highest BCUT2D eigenvalue weighted by atomic mass is 16.6. The van der Waals surface area contributed by atoms with E-state index in [0.717, 1.165) is 0 Å². The molecule has 3 rings (SSSR count). The van der Waals surface area contributed by atoms with Crippen LogP contribution in [0.15, 0.2) is 60.7 Å². The van der Waals surface area contributed by atoms with Gasteiger partial charge >= 0.3 is 0 Å². The summed E-state index contributed by atoms with van der Waals surface area (Å²) in [5.74, 6) is -2.31. The average molecular weight is 382 g/mol. The van der Waals surface area contributed by atoms with Crippen molar-refractivity contribution in [3.8, 4) is 0 Å². The van der Waals surface area contributed by atoms with E-state index in [-0.39, 0.29) is 11.4 Å². The van der Waals surface area contributed by atoms with E-state index in [9.17, 15) is 29.8 Å². The summed E-state index contributed by atoms with van der Waals surface area (Å²) in [4.78, 5) is 44.9. The second kappa shape index (κ2) is 7.27. The highest BCUT2D eigenvalue weighted by Gasteiger charge is 2.52. The van der Waals surface area contributed by atoms with Crippen LogP contribution in [0, 0.1) is 32.1 Å². The van der Waals surface area contributed by atoms with Crippen LogP contribution in [0.5, 0.6) is 0 Å². The Balaban J connectivity index is 1.59. The maximum atomic E-state index is 12.3. The fraction of sp³-hybridized carbons (Fsp3) is 0.111. The van der Waals surface area contributed by atoms with Gasteiger partial charge in [-0.25, -0.2) is 0 Å². The number of nitro benzene ring substituents is 2. The first kappa shape index (κ1) is 18.7. The van der Waals surface area contributed by atoms with Crippen molar-refractivity contribution in [2.45, 2.75) is 0 Å². The number of hydrogen-bond acceptors (Lipinski definition) is 6. The molecule has 142 valence electrons. The predicted octanol–water partition coefficient (Wildman–Crippen LogP) is 2.88. The minimum Gasteiger partial charge on any atom is -0.326 e. The van der Waals surface area contributed by atoms with Gasteiger partial charge in [-0.15, -0.1) is 0 Å². The first-order valence-electron chi connectivity index (χ1n) is 8.07. The third-order valence-corrected chi connectivity index (χ3v) is 4.28. The first-order chi connectivity index (χ1) is 13.3. The van der Waals surface area contributed by atoms with Gasteiger partial charge in [-0.2, -0.15) is 0 Å². The number of carbonyl (C=O) groups excluding carboxylic acids is 2. The van der Waals surface area contributed by atoms with Gasteiger partial charge in [-0.1, -0.05) is 12.2 Å². The molecule has 2 atom stereocenters. The summed E-state index contributed by atoms with van der Waals surface area (Å²) in [6.07, 6.45) is 0. The molecule has 0 spiro atoms. The molecule has 2 aromatic rings. The Kier molecular flexibility index (Phi) is 4.86. The number of hydrogen-bond donors (Lipinski definition) is 2. The summed E-state index contributed by atoms with van der Waals surface area (Å²) >= 11 is 0. The molecule has 0 aromatic heterocycles. The number of anilines is 2. The van der Waals surface area contributed by atoms with Gasteiger partial charge in [0.05, 0.1) is 21.7 Å². The fourth-order valence-electron chi connectivity index (χ4n) is 2.73. The van der Waals surface area contributed by atoms with E-state index < -0.39 is 33.5 Å². The molecule has 1 saturated carbocycles. The zero-order chi connectivity index (χ0) is 20.4. The summed E-state index contributed by atoms with van der Waals surface area (Å²) in [7, 11) is 0. The first-order valence-corrected chi connectivity index (χ1v) is 8.07. The zero-order valence-corrected chi connectivity index (χ0v) is 14.3. The molecular weight excluding hydrogens is 368 g/mol. The quantitative estimate of drug-likeness (QED) is 0.446. The normalized spacial score (nSPS) is 17.5. The van der Waals surface area contributed by atoms with Gasteiger partial charge in [0.25, 0.3) is 11.4 Å². The number of amides is 2. The molecule has 2 N–H and O–H groups in total. The van der Waals surface area contributed by atoms with Crippen LogP contribution in [0.4, 0.5) is 22.7 Å². The summed E-state index contributed by atoms with van der Waals surface area (Å²) in [6, 6.07) is 10.6. The lowest BCUT2D eigenvalue weighted by atomic mass is 10.2. The number of carbonyl (C=O) groups is 2. The van der Waals surface area contributed by atoms with Gasteiger partial charge in [0.1, 0.15) is 0 Å². The Labute approximate surface area is 158 Å². The monoisotopic (exact) mass is 382 g/mol. The highest BCUT2D eigenvalue weighted by molar-refractivity contribution is 6.08. The summed E-state index contributed by atoms with van der Waals surface area (Å²) < 4.78 is 0. The Morgan fingerprint density at radius 1 is 0.750 bits per heavy atom. The number of rotatable bonds is 6. The van der Waals surface area contributed by atoms with E-state index in [1.54, 1.807) is 0 Å². The molecule has 0 saturated heterocycles. The molecule has 0 radical (unpaired) electrons. The minimum atomic E-state index is -0.715. The van der Waals surface area contributed by atoms with Gasteiger partial charge in [0.2, 0.25) is 11.8 Å². The van der Waals surface area contributed by atoms with Crippen molar-refractivity contribution >= 4 is 34.6 Å². The van der Waals surface area contributed by atoms with E-state index in [1.807, 2.05) is 0 Å². The lowest BCUT2D eigenvalue weighted by molar-refractivity contribution is -0.385. The molecule has 1 unspecified atom stereocenters. The van der Waals surface area contributed by atoms with E-state index >= 15 is 0 Å². The van der Waals surface area contributed by atoms with Crippen molar-refractivity contribution in [1.29, 1.82) is 0 Å². The predicted molar refractivity (Wildman–Crippen MR) is 99.6 cm³/mol. The minimum absolute atomic E-state index is 0.103. The Bertz CT molecular complexity index is 905. The average Bonchev–Trinajstić information content (AvgIpc) is 3.34. The van der Waals surface area contributed by atoms with E-state index in [4.69, 9.17) is 0 Å². The van der Waals surface area contributed by atoms with Crippen molar-refractivity contribution in [3.63, 3.8) is 0 Å². The molecule has 1 fully saturated rings. The number of nitrogens with zero attached hydrogens (tertiary/aromatic N) is 2. The summed E-state index contributed by atoms with van der Waals surface area (Å²) in [5, 5.41) is 26.5. The highest BCUT2D eigenvalue weighted by Crippen LogP contribution is 2.45. The molecule has 2 aromatic carbocycles. The van der Waals surface area contributed by atoms with Gasteiger partial charge in [0.15, 0.2) is 0 Å². The molecule has 1 aliphatic rings. The van der Waals surface area contributed by atoms with Crippen molar-refractivity contribution in [1.82, 2.24) is 0 Å². The number of nitro groups is 2. The Hall–Kier alpha value is -4.08. The lowest BCUT2D eigenvalue weighted by Gasteiger charge is -2.05. The van der Waals surface area contributed by atoms with Gasteiger partial charge in [-0.05, 0) is 24.3 Å². The smallest absolute Gasteiger partial charge is 0.269 e. The van der Waals surface area contributed by atoms with E-state index in [0.29, 0.717) is 16.9 Å². The van der Waals surface area contributed by atoms with Crippen LogP contribution in [-0.2, 0) is 9.59 Å². The maximum absolute atomic E-state index is 12.3. The molecule has 1 aliphatic carbocycles. The van der Waals surface area contributed by atoms with Crippen molar-refractivity contribution < 1.29 is 19.4 Å². The molecule has 0 heterocycles. The zero-order valence-electron chi connectivity index (χ0n) is 14.3. The van der Waals surface area contributed by atoms with Crippen LogP contribution >= 0.6 is 0 Å². The van der Waals surface area contributed by atoms with Crippen LogP contribution in [-0.4, -0.2) is 21.7 Å². The lowest BCUT2D eigenvalue weighted by Crippen LogP contribution is -2.20. The molecule has 28 heavy (non-hydrogen) atoms. The second-order valence-corrected chi connectivity index (χ2v) is 6.12. The van der Waals surface area contributed by atoms with Gasteiger partial charge in [-0.3, -0.25) is 29.8 Å². The number of benzene rings is 2. The summed E-state index contributed by atoms with van der Waals surface area (Å²) in [6.45, 7) is 3.73. The van der Waals surface area contributed by atoms with Crippen molar-refractivity contribution in [2.75, 3.05) is 10.6 Å². The topological polar surface area (TPSA) is 144 Å². The molecule has 0 aliphatic heterocycles. The largest absolute Gasteiger partial charge is 0.326 e. The number of non-ortho nitro benzene ring substituents is 2. The summed E-state index contributed by atoms with van der Waals surface area (Å²) in [5.41, 5.74) is 0.969. The van der Waals surface area contributed by atoms with E-state index in [1.165, 1.54) is 48.5 Å². The van der Waals surface area contributed by atoms with Gasteiger partial charge < -0.3 is 10.6 Å². The van der Waals surface area contributed by atoms with Crippen LogP contribution in [0.1, 0.15) is 0 Å². The van der Waals surface area contributed by atoms with Crippen molar-refractivity contribution in [3.05, 3.63) is 80.9 Å². The molecular formula is C18H14N4O6. The molecule has 10 heteroatoms. The van der Waals surface area contributed by atoms with Crippen molar-refractivity contribution in [2.24, 2.45) is 11.8 Å². The maximum Gasteiger partial charge on any atom is 0.269 e. The Morgan fingerprint density at radius 2 is 1.07 bits per heavy atom. The van der Waals surface area contributed by atoms with Crippen LogP contribution in [0.3, 0.4) is 0 Å². The Morgan fingerprint density at radius 3 is 1.36 bits per heavy atom. The second-order valence-electron chi connectivity index (χ2n) is 6.12. The third kappa shape index (κ3) is 3.85. The molecule has 0 bridgehead atoms.